The number of unbranched alkanes of at least 4 members (excludes halogenated alkanes) is 1. The molecule has 0 bridgehead atoms. The molecular weight excluding hydrogens is 550 g/mol. The van der Waals surface area contributed by atoms with Crippen LogP contribution in [0.3, 0.4) is 0 Å². The average Bonchev–Trinajstić information content (AvgIpc) is 3.02. The van der Waals surface area contributed by atoms with Crippen LogP contribution in [0.15, 0.2) is 72.8 Å². The van der Waals surface area contributed by atoms with Crippen molar-refractivity contribution in [2.24, 2.45) is 5.92 Å². The maximum Gasteiger partial charge on any atom is 0.335 e. The summed E-state index contributed by atoms with van der Waals surface area (Å²) in [6.07, 6.45) is 5.37. The Morgan fingerprint density at radius 1 is 0.721 bits per heavy atom. The molecule has 0 spiro atoms. The second-order valence-electron chi connectivity index (χ2n) is 10.7. The van der Waals surface area contributed by atoms with Crippen molar-refractivity contribution in [1.29, 1.82) is 0 Å². The van der Waals surface area contributed by atoms with Crippen LogP contribution in [-0.2, 0) is 11.2 Å². The first kappa shape index (κ1) is 31.4. The van der Waals surface area contributed by atoms with E-state index in [4.69, 9.17) is 14.2 Å². The molecule has 9 heteroatoms. The second kappa shape index (κ2) is 16.2. The van der Waals surface area contributed by atoms with Crippen molar-refractivity contribution in [3.63, 3.8) is 0 Å². The van der Waals surface area contributed by atoms with Crippen molar-refractivity contribution < 1.29 is 38.8 Å². The van der Waals surface area contributed by atoms with Crippen LogP contribution in [0.4, 0.5) is 0 Å². The Bertz CT molecular complexity index is 1330. The number of para-hydroxylation sites is 1. The third-order valence-electron chi connectivity index (χ3n) is 7.49. The molecule has 1 aliphatic carbocycles. The summed E-state index contributed by atoms with van der Waals surface area (Å²) in [5, 5.41) is 21.6. The number of carbonyl (C=O) groups excluding carboxylic acids is 1. The molecule has 0 aromatic heterocycles. The minimum atomic E-state index is -1.13. The number of hydrogen-bond donors (Lipinski definition) is 3. The smallest absolute Gasteiger partial charge is 0.335 e. The van der Waals surface area contributed by atoms with Crippen LogP contribution in [-0.4, -0.2) is 53.9 Å². The van der Waals surface area contributed by atoms with E-state index in [0.717, 1.165) is 36.3 Å². The Morgan fingerprint density at radius 3 is 1.98 bits per heavy atom. The Morgan fingerprint density at radius 2 is 1.35 bits per heavy atom. The summed E-state index contributed by atoms with van der Waals surface area (Å²) in [6, 6.07) is 21.8. The standard InChI is InChI=1S/C34H39NO8/c36-32(35-27-15-12-25(13-16-27)33(37)38)30-23-26(34(39)40)14-19-31(30)43-22-6-7-24-10-17-29(18-11-24)42-21-5-4-20-41-28-8-2-1-3-9-28/h1-3,8-11,14,17-19,23,25,27H,4-7,12-13,15-16,20-22H2,(H,35,36)(H,37,38)(H,39,40)/t25-,27+. The Hall–Kier alpha value is -4.53. The zero-order valence-electron chi connectivity index (χ0n) is 24.2. The summed E-state index contributed by atoms with van der Waals surface area (Å²) in [4.78, 5) is 35.8. The molecule has 4 rings (SSSR count). The number of nitrogens with one attached hydrogen (secondary N) is 1. The van der Waals surface area contributed by atoms with Crippen molar-refractivity contribution in [2.45, 2.75) is 57.4 Å². The molecule has 0 saturated heterocycles. The monoisotopic (exact) mass is 589 g/mol. The number of benzene rings is 3. The fourth-order valence-corrected chi connectivity index (χ4v) is 5.03. The number of aryl methyl sites for hydroxylation is 1. The Kier molecular flexibility index (Phi) is 11.8. The number of aromatic carboxylic acids is 1. The van der Waals surface area contributed by atoms with Gasteiger partial charge in [-0.15, -0.1) is 0 Å². The first-order chi connectivity index (χ1) is 20.9. The molecule has 3 N–H and O–H groups in total. The fourth-order valence-electron chi connectivity index (χ4n) is 5.03. The van der Waals surface area contributed by atoms with Crippen LogP contribution in [0, 0.1) is 5.92 Å². The zero-order chi connectivity index (χ0) is 30.4. The van der Waals surface area contributed by atoms with Crippen LogP contribution < -0.4 is 19.5 Å². The second-order valence-corrected chi connectivity index (χ2v) is 10.7. The number of hydrogen-bond acceptors (Lipinski definition) is 6. The lowest BCUT2D eigenvalue weighted by Crippen LogP contribution is -2.39. The van der Waals surface area contributed by atoms with E-state index in [9.17, 15) is 24.6 Å². The topological polar surface area (TPSA) is 131 Å². The summed E-state index contributed by atoms with van der Waals surface area (Å²) in [6.45, 7) is 1.62. The van der Waals surface area contributed by atoms with Crippen LogP contribution in [0.5, 0.6) is 17.2 Å². The lowest BCUT2D eigenvalue weighted by molar-refractivity contribution is -0.142. The number of carboxylic acid groups (broad SMARTS) is 2. The summed E-state index contributed by atoms with van der Waals surface area (Å²) < 4.78 is 17.5. The lowest BCUT2D eigenvalue weighted by Gasteiger charge is -2.27. The van der Waals surface area contributed by atoms with Crippen molar-refractivity contribution in [3.05, 3.63) is 89.5 Å². The predicted molar refractivity (Wildman–Crippen MR) is 161 cm³/mol. The van der Waals surface area contributed by atoms with E-state index < -0.39 is 17.8 Å². The molecule has 0 heterocycles. The van der Waals surface area contributed by atoms with Gasteiger partial charge in [-0.1, -0.05) is 30.3 Å². The number of amides is 1. The van der Waals surface area contributed by atoms with E-state index in [1.165, 1.54) is 18.2 Å². The molecule has 228 valence electrons. The normalized spacial score (nSPS) is 16.2. The maximum atomic E-state index is 13.1. The van der Waals surface area contributed by atoms with Gasteiger partial charge in [0.15, 0.2) is 0 Å². The molecule has 0 radical (unpaired) electrons. The number of ether oxygens (including phenoxy) is 3. The molecule has 9 nitrogen and oxygen atoms in total. The first-order valence-electron chi connectivity index (χ1n) is 14.8. The van der Waals surface area contributed by atoms with E-state index in [1.807, 2.05) is 54.6 Å². The van der Waals surface area contributed by atoms with Gasteiger partial charge in [-0.05, 0) is 99.4 Å². The van der Waals surface area contributed by atoms with Gasteiger partial charge >= 0.3 is 11.9 Å². The van der Waals surface area contributed by atoms with Gasteiger partial charge in [-0.25, -0.2) is 4.79 Å². The SMILES string of the molecule is O=C(O)c1ccc(OCCCc2ccc(OCCCCOc3ccccc3)cc2)c(C(=O)N[C@H]2CC[C@@H](C(=O)O)CC2)c1. The van der Waals surface area contributed by atoms with Crippen molar-refractivity contribution in [1.82, 2.24) is 5.32 Å². The Balaban J connectivity index is 1.19. The molecule has 43 heavy (non-hydrogen) atoms. The van der Waals surface area contributed by atoms with E-state index in [0.29, 0.717) is 57.7 Å². The van der Waals surface area contributed by atoms with Gasteiger partial charge in [0, 0.05) is 6.04 Å². The molecule has 0 unspecified atom stereocenters. The molecule has 1 saturated carbocycles. The molecule has 1 aliphatic rings. The molecule has 1 amide bonds. The van der Waals surface area contributed by atoms with Gasteiger partial charge in [0.25, 0.3) is 5.91 Å². The van der Waals surface area contributed by atoms with E-state index in [-0.39, 0.29) is 23.1 Å². The van der Waals surface area contributed by atoms with E-state index >= 15 is 0 Å². The number of carbonyl (C=O) groups is 3. The third-order valence-corrected chi connectivity index (χ3v) is 7.49. The molecule has 0 aliphatic heterocycles. The van der Waals surface area contributed by atoms with Crippen LogP contribution in [0.25, 0.3) is 0 Å². The van der Waals surface area contributed by atoms with Gasteiger partial charge in [-0.2, -0.15) is 0 Å². The summed E-state index contributed by atoms with van der Waals surface area (Å²) in [7, 11) is 0. The minimum absolute atomic E-state index is 0.00471. The highest BCUT2D eigenvalue weighted by Gasteiger charge is 2.27. The van der Waals surface area contributed by atoms with Crippen LogP contribution >= 0.6 is 0 Å². The zero-order valence-corrected chi connectivity index (χ0v) is 24.2. The molecule has 1 fully saturated rings. The Labute approximate surface area is 251 Å². The minimum Gasteiger partial charge on any atom is -0.494 e. The van der Waals surface area contributed by atoms with Gasteiger partial charge in [0.1, 0.15) is 17.2 Å². The van der Waals surface area contributed by atoms with E-state index in [1.54, 1.807) is 0 Å². The predicted octanol–water partition coefficient (Wildman–Crippen LogP) is 6.01. The van der Waals surface area contributed by atoms with Crippen LogP contribution in [0.1, 0.15) is 71.2 Å². The molecule has 3 aromatic rings. The van der Waals surface area contributed by atoms with Crippen molar-refractivity contribution >= 4 is 17.8 Å². The van der Waals surface area contributed by atoms with Crippen LogP contribution in [0.2, 0.25) is 0 Å². The quantitative estimate of drug-likeness (QED) is 0.173. The maximum absolute atomic E-state index is 13.1. The van der Waals surface area contributed by atoms with Crippen molar-refractivity contribution in [2.75, 3.05) is 19.8 Å². The summed E-state index contributed by atoms with van der Waals surface area (Å²) in [5.74, 6) is -0.741. The molecular formula is C34H39NO8. The third kappa shape index (κ3) is 10.1. The highest BCUT2D eigenvalue weighted by molar-refractivity contribution is 6.00. The first-order valence-corrected chi connectivity index (χ1v) is 14.8. The highest BCUT2D eigenvalue weighted by atomic mass is 16.5. The summed E-state index contributed by atoms with van der Waals surface area (Å²) >= 11 is 0. The fraction of sp³-hybridized carbons (Fsp3) is 0.382. The molecule has 3 aromatic carbocycles. The van der Waals surface area contributed by atoms with Gasteiger partial charge in [-0.3, -0.25) is 9.59 Å². The number of carboxylic acids is 2. The average molecular weight is 590 g/mol. The molecule has 0 atom stereocenters. The summed E-state index contributed by atoms with van der Waals surface area (Å²) in [5.41, 5.74) is 1.28. The van der Waals surface area contributed by atoms with Gasteiger partial charge in [0.2, 0.25) is 0 Å². The lowest BCUT2D eigenvalue weighted by atomic mass is 9.86. The number of rotatable bonds is 16. The van der Waals surface area contributed by atoms with Gasteiger partial charge in [0.05, 0.1) is 36.9 Å². The highest BCUT2D eigenvalue weighted by Crippen LogP contribution is 2.26. The van der Waals surface area contributed by atoms with Crippen molar-refractivity contribution in [3.8, 4) is 17.2 Å². The largest absolute Gasteiger partial charge is 0.494 e. The van der Waals surface area contributed by atoms with E-state index in [2.05, 4.69) is 5.32 Å². The number of aliphatic carboxylic acids is 1. The van der Waals surface area contributed by atoms with Gasteiger partial charge < -0.3 is 29.7 Å².